The summed E-state index contributed by atoms with van der Waals surface area (Å²) in [6.45, 7) is 4.73. The molecule has 0 saturated carbocycles. The first-order chi connectivity index (χ1) is 10.0. The van der Waals surface area contributed by atoms with E-state index in [9.17, 15) is 9.90 Å². The number of amides is 1. The van der Waals surface area contributed by atoms with Crippen LogP contribution in [0.15, 0.2) is 30.3 Å². The fourth-order valence-corrected chi connectivity index (χ4v) is 2.54. The van der Waals surface area contributed by atoms with E-state index in [2.05, 4.69) is 19.2 Å². The number of nitrogens with one attached hydrogen (secondary N) is 1. The molecule has 1 aromatic rings. The van der Waals surface area contributed by atoms with E-state index < -0.39 is 0 Å². The molecule has 1 unspecified atom stereocenters. The smallest absolute Gasteiger partial charge is 0.220 e. The van der Waals surface area contributed by atoms with Crippen LogP contribution in [0.4, 0.5) is 0 Å². The molecule has 0 heterocycles. The van der Waals surface area contributed by atoms with Crippen LogP contribution >= 0.6 is 0 Å². The van der Waals surface area contributed by atoms with E-state index in [1.54, 1.807) is 0 Å². The van der Waals surface area contributed by atoms with E-state index in [4.69, 9.17) is 5.73 Å². The molecule has 4 heteroatoms. The van der Waals surface area contributed by atoms with E-state index >= 15 is 0 Å². The number of aliphatic hydroxyl groups excluding tert-OH is 1. The predicted octanol–water partition coefficient (Wildman–Crippen LogP) is 1.72. The molecule has 1 amide bonds. The minimum absolute atomic E-state index is 0.0268. The molecule has 0 spiro atoms. The summed E-state index contributed by atoms with van der Waals surface area (Å²) in [6, 6.07) is 9.62. The summed E-state index contributed by atoms with van der Waals surface area (Å²) in [6.07, 6.45) is 2.02. The predicted molar refractivity (Wildman–Crippen MR) is 85.8 cm³/mol. The monoisotopic (exact) mass is 292 g/mol. The van der Waals surface area contributed by atoms with Gasteiger partial charge in [-0.1, -0.05) is 44.2 Å². The first-order valence-corrected chi connectivity index (χ1v) is 7.69. The van der Waals surface area contributed by atoms with Gasteiger partial charge in [0.05, 0.1) is 12.6 Å². The Balaban J connectivity index is 2.46. The topological polar surface area (TPSA) is 75.4 Å². The van der Waals surface area contributed by atoms with E-state index in [1.165, 1.54) is 0 Å². The summed E-state index contributed by atoms with van der Waals surface area (Å²) in [5, 5.41) is 12.3. The third-order valence-electron chi connectivity index (χ3n) is 3.52. The van der Waals surface area contributed by atoms with Gasteiger partial charge >= 0.3 is 0 Å². The van der Waals surface area contributed by atoms with Crippen molar-refractivity contribution in [1.82, 2.24) is 5.32 Å². The van der Waals surface area contributed by atoms with Gasteiger partial charge in [0.25, 0.3) is 0 Å². The number of carbonyl (C=O) groups excluding carboxylic acids is 1. The normalized spacial score (nSPS) is 14.0. The molecule has 1 rings (SSSR count). The Bertz CT molecular complexity index is 407. The van der Waals surface area contributed by atoms with Gasteiger partial charge < -0.3 is 16.2 Å². The maximum atomic E-state index is 12.1. The highest BCUT2D eigenvalue weighted by molar-refractivity contribution is 5.76. The Morgan fingerprint density at radius 1 is 1.29 bits per heavy atom. The Hall–Kier alpha value is -1.39. The highest BCUT2D eigenvalue weighted by Gasteiger charge is 2.17. The number of aliphatic hydroxyl groups is 1. The minimum atomic E-state index is -0.239. The molecular formula is C17H28N2O2. The van der Waals surface area contributed by atoms with Crippen molar-refractivity contribution in [3.63, 3.8) is 0 Å². The van der Waals surface area contributed by atoms with E-state index in [0.29, 0.717) is 25.3 Å². The molecule has 0 aromatic heterocycles. The number of carbonyl (C=O) groups is 1. The lowest BCUT2D eigenvalue weighted by Crippen LogP contribution is -2.40. The maximum Gasteiger partial charge on any atom is 0.220 e. The SMILES string of the molecule is CC(C)CC(CN)CC(=O)N[C@H](CO)Cc1ccccc1. The largest absolute Gasteiger partial charge is 0.394 e. The van der Waals surface area contributed by atoms with Crippen LogP contribution in [0.3, 0.4) is 0 Å². The lowest BCUT2D eigenvalue weighted by molar-refractivity contribution is -0.123. The Kier molecular flexibility index (Phi) is 8.01. The number of hydrogen-bond donors (Lipinski definition) is 3. The van der Waals surface area contributed by atoms with Crippen molar-refractivity contribution >= 4 is 5.91 Å². The highest BCUT2D eigenvalue weighted by atomic mass is 16.3. The van der Waals surface area contributed by atoms with Crippen LogP contribution in [0.5, 0.6) is 0 Å². The lowest BCUT2D eigenvalue weighted by atomic mass is 9.94. The highest BCUT2D eigenvalue weighted by Crippen LogP contribution is 2.14. The fourth-order valence-electron chi connectivity index (χ4n) is 2.54. The van der Waals surface area contributed by atoms with Crippen LogP contribution in [0.1, 0.15) is 32.3 Å². The molecule has 0 aliphatic rings. The van der Waals surface area contributed by atoms with Gasteiger partial charge in [-0.05, 0) is 36.8 Å². The van der Waals surface area contributed by atoms with Gasteiger partial charge in [0.15, 0.2) is 0 Å². The molecule has 4 nitrogen and oxygen atoms in total. The summed E-state index contributed by atoms with van der Waals surface area (Å²) in [5.41, 5.74) is 6.83. The molecule has 2 atom stereocenters. The molecule has 0 bridgehead atoms. The molecule has 21 heavy (non-hydrogen) atoms. The quantitative estimate of drug-likeness (QED) is 0.648. The third kappa shape index (κ3) is 7.25. The van der Waals surface area contributed by atoms with Crippen molar-refractivity contribution in [2.45, 2.75) is 39.2 Å². The average molecular weight is 292 g/mol. The second-order valence-corrected chi connectivity index (χ2v) is 6.07. The Morgan fingerprint density at radius 3 is 2.48 bits per heavy atom. The molecule has 118 valence electrons. The number of rotatable bonds is 9. The second kappa shape index (κ2) is 9.53. The van der Waals surface area contributed by atoms with Crippen molar-refractivity contribution in [3.8, 4) is 0 Å². The van der Waals surface area contributed by atoms with Crippen LogP contribution in [-0.4, -0.2) is 30.2 Å². The van der Waals surface area contributed by atoms with E-state index in [-0.39, 0.29) is 24.5 Å². The van der Waals surface area contributed by atoms with Crippen molar-refractivity contribution in [2.75, 3.05) is 13.2 Å². The molecular weight excluding hydrogens is 264 g/mol. The fraction of sp³-hybridized carbons (Fsp3) is 0.588. The zero-order chi connectivity index (χ0) is 15.7. The Morgan fingerprint density at radius 2 is 1.95 bits per heavy atom. The van der Waals surface area contributed by atoms with Gasteiger partial charge in [-0.2, -0.15) is 0 Å². The molecule has 0 saturated heterocycles. The Labute approximate surface area is 127 Å². The van der Waals surface area contributed by atoms with E-state index in [1.807, 2.05) is 30.3 Å². The van der Waals surface area contributed by atoms with Crippen LogP contribution in [0.25, 0.3) is 0 Å². The molecule has 1 aromatic carbocycles. The van der Waals surface area contributed by atoms with Crippen LogP contribution in [0.2, 0.25) is 0 Å². The average Bonchev–Trinajstić information content (AvgIpc) is 2.46. The second-order valence-electron chi connectivity index (χ2n) is 6.07. The molecule has 0 fully saturated rings. The number of benzene rings is 1. The molecule has 0 aliphatic carbocycles. The first kappa shape index (κ1) is 17.7. The van der Waals surface area contributed by atoms with Crippen LogP contribution in [-0.2, 0) is 11.2 Å². The van der Waals surface area contributed by atoms with Crippen molar-refractivity contribution in [3.05, 3.63) is 35.9 Å². The first-order valence-electron chi connectivity index (χ1n) is 7.69. The van der Waals surface area contributed by atoms with Gasteiger partial charge in [0.2, 0.25) is 5.91 Å². The van der Waals surface area contributed by atoms with Crippen molar-refractivity contribution < 1.29 is 9.90 Å². The summed E-state index contributed by atoms with van der Waals surface area (Å²) >= 11 is 0. The van der Waals surface area contributed by atoms with Crippen molar-refractivity contribution in [2.24, 2.45) is 17.6 Å². The zero-order valence-corrected chi connectivity index (χ0v) is 13.1. The van der Waals surface area contributed by atoms with Crippen LogP contribution < -0.4 is 11.1 Å². The summed E-state index contributed by atoms with van der Waals surface area (Å²) in [5.74, 6) is 0.714. The van der Waals surface area contributed by atoms with Gasteiger partial charge in [-0.15, -0.1) is 0 Å². The van der Waals surface area contributed by atoms with Gasteiger partial charge in [-0.25, -0.2) is 0 Å². The molecule has 0 aliphatic heterocycles. The van der Waals surface area contributed by atoms with Crippen molar-refractivity contribution in [1.29, 1.82) is 0 Å². The maximum absolute atomic E-state index is 12.1. The molecule has 0 radical (unpaired) electrons. The minimum Gasteiger partial charge on any atom is -0.394 e. The van der Waals surface area contributed by atoms with Gasteiger partial charge in [-0.3, -0.25) is 4.79 Å². The molecule has 4 N–H and O–H groups in total. The number of hydrogen-bond acceptors (Lipinski definition) is 3. The lowest BCUT2D eigenvalue weighted by Gasteiger charge is -2.20. The zero-order valence-electron chi connectivity index (χ0n) is 13.1. The summed E-state index contributed by atoms with van der Waals surface area (Å²) in [7, 11) is 0. The summed E-state index contributed by atoms with van der Waals surface area (Å²) in [4.78, 5) is 12.1. The summed E-state index contributed by atoms with van der Waals surface area (Å²) < 4.78 is 0. The third-order valence-corrected chi connectivity index (χ3v) is 3.52. The standard InChI is InChI=1S/C17H28N2O2/c1-13(2)8-15(11-18)10-17(21)19-16(12-20)9-14-6-4-3-5-7-14/h3-7,13,15-16,20H,8-12,18H2,1-2H3,(H,19,21)/t15?,16-/m0/s1. The van der Waals surface area contributed by atoms with E-state index in [0.717, 1.165) is 12.0 Å². The van der Waals surface area contributed by atoms with Crippen LogP contribution in [0, 0.1) is 11.8 Å². The van der Waals surface area contributed by atoms with Gasteiger partial charge in [0, 0.05) is 6.42 Å². The number of nitrogens with two attached hydrogens (primary N) is 1. The van der Waals surface area contributed by atoms with Gasteiger partial charge in [0.1, 0.15) is 0 Å².